The van der Waals surface area contributed by atoms with Crippen molar-refractivity contribution in [1.29, 1.82) is 0 Å². The van der Waals surface area contributed by atoms with E-state index in [0.717, 1.165) is 10.0 Å². The summed E-state index contributed by atoms with van der Waals surface area (Å²) in [6, 6.07) is 14.1. The van der Waals surface area contributed by atoms with E-state index in [0.29, 0.717) is 11.3 Å². The molecule has 8 heteroatoms. The Morgan fingerprint density at radius 1 is 1.12 bits per heavy atom. The minimum Gasteiger partial charge on any atom is -0.484 e. The first-order chi connectivity index (χ1) is 12.0. The van der Waals surface area contributed by atoms with Crippen molar-refractivity contribution in [1.82, 2.24) is 16.2 Å². The van der Waals surface area contributed by atoms with Crippen LogP contribution in [0.25, 0.3) is 0 Å². The van der Waals surface area contributed by atoms with Gasteiger partial charge >= 0.3 is 0 Å². The number of carbonyl (C=O) groups excluding carboxylic acids is 2. The summed E-state index contributed by atoms with van der Waals surface area (Å²) in [7, 11) is 0. The number of para-hydroxylation sites is 1. The monoisotopic (exact) mass is 421 g/mol. The molecule has 130 valence electrons. The summed E-state index contributed by atoms with van der Waals surface area (Å²) in [6.45, 7) is 1.73. The molecule has 0 aliphatic rings. The van der Waals surface area contributed by atoms with Gasteiger partial charge in [-0.25, -0.2) is 0 Å². The Morgan fingerprint density at radius 3 is 2.52 bits per heavy atom. The van der Waals surface area contributed by atoms with Crippen LogP contribution in [0.5, 0.6) is 5.75 Å². The molecule has 0 atom stereocenters. The van der Waals surface area contributed by atoms with E-state index < -0.39 is 5.91 Å². The number of ether oxygens (including phenoxy) is 1. The quantitative estimate of drug-likeness (QED) is 0.521. The molecular weight excluding hydrogens is 406 g/mol. The first-order valence-electron chi connectivity index (χ1n) is 7.30. The Labute approximate surface area is 159 Å². The van der Waals surface area contributed by atoms with Crippen molar-refractivity contribution in [3.63, 3.8) is 0 Å². The van der Waals surface area contributed by atoms with E-state index in [1.54, 1.807) is 36.4 Å². The molecule has 2 aromatic carbocycles. The Balaban J connectivity index is 1.75. The van der Waals surface area contributed by atoms with Gasteiger partial charge in [-0.05, 0) is 49.0 Å². The molecule has 0 radical (unpaired) electrons. The van der Waals surface area contributed by atoms with Crippen LogP contribution in [-0.4, -0.2) is 23.5 Å². The summed E-state index contributed by atoms with van der Waals surface area (Å²) in [5.41, 5.74) is 6.36. The van der Waals surface area contributed by atoms with E-state index in [2.05, 4.69) is 32.1 Å². The first kappa shape index (κ1) is 18.9. The largest absolute Gasteiger partial charge is 0.484 e. The summed E-state index contributed by atoms with van der Waals surface area (Å²) >= 11 is 8.32. The molecule has 2 amide bonds. The van der Waals surface area contributed by atoms with E-state index in [-0.39, 0.29) is 17.6 Å². The van der Waals surface area contributed by atoms with E-state index in [1.807, 2.05) is 19.1 Å². The number of hydrazine groups is 1. The third-order valence-corrected chi connectivity index (χ3v) is 4.15. The second-order valence-corrected chi connectivity index (χ2v) is 6.28. The maximum absolute atomic E-state index is 12.0. The van der Waals surface area contributed by atoms with Crippen LogP contribution in [0.15, 0.2) is 53.0 Å². The van der Waals surface area contributed by atoms with Crippen LogP contribution in [0.1, 0.15) is 15.9 Å². The van der Waals surface area contributed by atoms with Crippen LogP contribution >= 0.6 is 28.1 Å². The molecule has 0 saturated heterocycles. The highest BCUT2D eigenvalue weighted by atomic mass is 79.9. The lowest BCUT2D eigenvalue weighted by atomic mass is 10.1. The molecule has 0 saturated carbocycles. The number of rotatable bonds is 4. The molecule has 0 heterocycles. The normalized spacial score (nSPS) is 9.84. The fraction of sp³-hybridized carbons (Fsp3) is 0.118. The van der Waals surface area contributed by atoms with Crippen LogP contribution in [0.3, 0.4) is 0 Å². The highest BCUT2D eigenvalue weighted by Crippen LogP contribution is 2.17. The van der Waals surface area contributed by atoms with Gasteiger partial charge < -0.3 is 4.74 Å². The SMILES string of the molecule is Cc1ccc(C(=O)NNC(=S)NC(=O)COc2ccccc2)cc1Br. The molecule has 0 spiro atoms. The zero-order valence-corrected chi connectivity index (χ0v) is 15.7. The predicted octanol–water partition coefficient (Wildman–Crippen LogP) is 2.47. The molecule has 6 nitrogen and oxygen atoms in total. The average Bonchev–Trinajstić information content (AvgIpc) is 2.61. The van der Waals surface area contributed by atoms with E-state index in [9.17, 15) is 9.59 Å². The van der Waals surface area contributed by atoms with Crippen molar-refractivity contribution < 1.29 is 14.3 Å². The Bertz CT molecular complexity index is 784. The van der Waals surface area contributed by atoms with Gasteiger partial charge in [0.15, 0.2) is 11.7 Å². The summed E-state index contributed by atoms with van der Waals surface area (Å²) in [4.78, 5) is 23.8. The van der Waals surface area contributed by atoms with Crippen LogP contribution in [-0.2, 0) is 4.79 Å². The molecule has 0 aromatic heterocycles. The molecular formula is C17H16BrN3O3S. The van der Waals surface area contributed by atoms with E-state index in [4.69, 9.17) is 17.0 Å². The molecule has 2 rings (SSSR count). The molecule has 0 bridgehead atoms. The van der Waals surface area contributed by atoms with Crippen molar-refractivity contribution in [2.45, 2.75) is 6.92 Å². The van der Waals surface area contributed by atoms with Crippen molar-refractivity contribution >= 4 is 45.1 Å². The third-order valence-electron chi connectivity index (χ3n) is 3.09. The van der Waals surface area contributed by atoms with Crippen molar-refractivity contribution in [3.8, 4) is 5.75 Å². The van der Waals surface area contributed by atoms with Gasteiger partial charge in [0, 0.05) is 10.0 Å². The minimum absolute atomic E-state index is 0.0267. The molecule has 0 aliphatic carbocycles. The average molecular weight is 422 g/mol. The smallest absolute Gasteiger partial charge is 0.269 e. The Hall–Kier alpha value is -2.45. The standard InChI is InChI=1S/C17H16BrN3O3S/c1-11-7-8-12(9-14(11)18)16(23)20-21-17(25)19-15(22)10-24-13-5-3-2-4-6-13/h2-9H,10H2,1H3,(H,20,23)(H2,19,21,22,25). The van der Waals surface area contributed by atoms with Gasteiger partial charge in [0.1, 0.15) is 5.75 Å². The molecule has 0 aliphatic heterocycles. The van der Waals surface area contributed by atoms with Crippen molar-refractivity contribution in [3.05, 3.63) is 64.1 Å². The minimum atomic E-state index is -0.436. The highest BCUT2D eigenvalue weighted by Gasteiger charge is 2.09. The van der Waals surface area contributed by atoms with Crippen molar-refractivity contribution in [2.75, 3.05) is 6.61 Å². The van der Waals surface area contributed by atoms with E-state index >= 15 is 0 Å². The molecule has 25 heavy (non-hydrogen) atoms. The Kier molecular flexibility index (Phi) is 6.91. The number of hydrogen-bond donors (Lipinski definition) is 3. The second-order valence-electron chi connectivity index (χ2n) is 5.02. The number of thiocarbonyl (C=S) groups is 1. The van der Waals surface area contributed by atoms with Crippen molar-refractivity contribution in [2.24, 2.45) is 0 Å². The lowest BCUT2D eigenvalue weighted by Gasteiger charge is -2.11. The lowest BCUT2D eigenvalue weighted by Crippen LogP contribution is -2.49. The summed E-state index contributed by atoms with van der Waals surface area (Å²) < 4.78 is 6.12. The number of aryl methyl sites for hydroxylation is 1. The van der Waals surface area contributed by atoms with Crippen LogP contribution in [0.2, 0.25) is 0 Å². The number of nitrogens with one attached hydrogen (secondary N) is 3. The first-order valence-corrected chi connectivity index (χ1v) is 8.50. The maximum atomic E-state index is 12.0. The van der Waals surface area contributed by atoms with Gasteiger partial charge in [0.2, 0.25) is 0 Å². The molecule has 2 aromatic rings. The highest BCUT2D eigenvalue weighted by molar-refractivity contribution is 9.10. The van der Waals surface area contributed by atoms with Crippen LogP contribution < -0.4 is 20.9 Å². The van der Waals surface area contributed by atoms with Gasteiger partial charge in [-0.1, -0.05) is 40.2 Å². The molecule has 0 fully saturated rings. The zero-order chi connectivity index (χ0) is 18.2. The fourth-order valence-electron chi connectivity index (χ4n) is 1.78. The van der Waals surface area contributed by atoms with Crippen LogP contribution in [0.4, 0.5) is 0 Å². The lowest BCUT2D eigenvalue weighted by molar-refractivity contribution is -0.121. The summed E-state index contributed by atoms with van der Waals surface area (Å²) in [6.07, 6.45) is 0. The number of halogens is 1. The van der Waals surface area contributed by atoms with Crippen LogP contribution in [0, 0.1) is 6.92 Å². The van der Waals surface area contributed by atoms with Gasteiger partial charge in [-0.2, -0.15) is 0 Å². The van der Waals surface area contributed by atoms with E-state index in [1.165, 1.54) is 0 Å². The fourth-order valence-corrected chi connectivity index (χ4v) is 2.32. The van der Waals surface area contributed by atoms with Gasteiger partial charge in [-0.15, -0.1) is 0 Å². The third kappa shape index (κ3) is 6.17. The number of hydrogen-bond acceptors (Lipinski definition) is 4. The zero-order valence-electron chi connectivity index (χ0n) is 13.3. The summed E-state index contributed by atoms with van der Waals surface area (Å²) in [5, 5.41) is 2.38. The van der Waals surface area contributed by atoms with Gasteiger partial charge in [0.05, 0.1) is 0 Å². The summed E-state index contributed by atoms with van der Waals surface area (Å²) in [5.74, 6) is -0.235. The molecule has 3 N–H and O–H groups in total. The van der Waals surface area contributed by atoms with Gasteiger partial charge in [0.25, 0.3) is 11.8 Å². The molecule has 0 unspecified atom stereocenters. The Morgan fingerprint density at radius 2 is 1.84 bits per heavy atom. The van der Waals surface area contributed by atoms with Gasteiger partial charge in [-0.3, -0.25) is 25.8 Å². The number of carbonyl (C=O) groups is 2. The maximum Gasteiger partial charge on any atom is 0.269 e. The second kappa shape index (κ2) is 9.14. The predicted molar refractivity (Wildman–Crippen MR) is 102 cm³/mol. The number of benzene rings is 2. The topological polar surface area (TPSA) is 79.5 Å². The number of amides is 2.